The fourth-order valence-electron chi connectivity index (χ4n) is 3.85. The maximum Gasteiger partial charge on any atom is 0.256 e. The van der Waals surface area contributed by atoms with Crippen LogP contribution in [0.15, 0.2) is 42.9 Å². The molecule has 6 nitrogen and oxygen atoms in total. The maximum absolute atomic E-state index is 13.3. The Hall–Kier alpha value is -3.07. The van der Waals surface area contributed by atoms with Gasteiger partial charge in [0.15, 0.2) is 0 Å². The van der Waals surface area contributed by atoms with E-state index in [1.54, 1.807) is 0 Å². The van der Waals surface area contributed by atoms with Crippen LogP contribution in [0.2, 0.25) is 0 Å². The number of aromatic nitrogens is 3. The Morgan fingerprint density at radius 3 is 2.96 bits per heavy atom. The largest absolute Gasteiger partial charge is 0.334 e. The van der Waals surface area contributed by atoms with Crippen LogP contribution in [-0.2, 0) is 13.1 Å². The zero-order valence-electron chi connectivity index (χ0n) is 14.8. The molecule has 0 saturated carbocycles. The van der Waals surface area contributed by atoms with E-state index in [9.17, 15) is 4.79 Å². The first-order valence-corrected chi connectivity index (χ1v) is 8.92. The smallest absolute Gasteiger partial charge is 0.256 e. The van der Waals surface area contributed by atoms with Crippen molar-refractivity contribution in [3.05, 3.63) is 54.0 Å². The first-order chi connectivity index (χ1) is 12.7. The summed E-state index contributed by atoms with van der Waals surface area (Å²) in [4.78, 5) is 15.3. The van der Waals surface area contributed by atoms with Crippen molar-refractivity contribution >= 4 is 16.8 Å². The van der Waals surface area contributed by atoms with Crippen LogP contribution in [0, 0.1) is 18.3 Å². The van der Waals surface area contributed by atoms with Gasteiger partial charge in [-0.2, -0.15) is 10.4 Å². The molecule has 4 rings (SSSR count). The number of carbonyl (C=O) groups is 1. The third-order valence-corrected chi connectivity index (χ3v) is 5.06. The molecule has 1 atom stereocenters. The molecule has 0 aliphatic carbocycles. The van der Waals surface area contributed by atoms with Crippen molar-refractivity contribution in [2.24, 2.45) is 0 Å². The van der Waals surface area contributed by atoms with Gasteiger partial charge in [-0.05, 0) is 31.4 Å². The summed E-state index contributed by atoms with van der Waals surface area (Å²) in [5.41, 5.74) is 2.73. The molecular formula is C20H21N5O. The molecule has 132 valence electrons. The van der Waals surface area contributed by atoms with Crippen LogP contribution in [0.5, 0.6) is 0 Å². The summed E-state index contributed by atoms with van der Waals surface area (Å²) in [6.07, 6.45) is 7.68. The SMILES string of the molecule is Cc1cnn(CC2CCCN2C(=O)c2cn(CC#N)c3ccccc23)c1. The predicted octanol–water partition coefficient (Wildman–Crippen LogP) is 2.97. The van der Waals surface area contributed by atoms with Crippen LogP contribution in [0.1, 0.15) is 28.8 Å². The van der Waals surface area contributed by atoms with Crippen molar-refractivity contribution in [1.82, 2.24) is 19.2 Å². The second-order valence-corrected chi connectivity index (χ2v) is 6.88. The normalized spacial score (nSPS) is 16.9. The number of benzene rings is 1. The first kappa shape index (κ1) is 16.4. The van der Waals surface area contributed by atoms with E-state index in [0.717, 1.165) is 42.4 Å². The average molecular weight is 347 g/mol. The van der Waals surface area contributed by atoms with Gasteiger partial charge in [0.2, 0.25) is 0 Å². The predicted molar refractivity (Wildman–Crippen MR) is 98.6 cm³/mol. The Morgan fingerprint density at radius 1 is 1.35 bits per heavy atom. The number of nitrogens with zero attached hydrogens (tertiary/aromatic N) is 5. The zero-order valence-corrected chi connectivity index (χ0v) is 14.8. The molecule has 0 N–H and O–H groups in total. The number of hydrogen-bond acceptors (Lipinski definition) is 3. The van der Waals surface area contributed by atoms with Gasteiger partial charge in [-0.15, -0.1) is 0 Å². The van der Waals surface area contributed by atoms with Gasteiger partial charge in [0.1, 0.15) is 6.54 Å². The van der Waals surface area contributed by atoms with Gasteiger partial charge < -0.3 is 9.47 Å². The molecule has 1 aliphatic heterocycles. The molecule has 26 heavy (non-hydrogen) atoms. The number of likely N-dealkylation sites (tertiary alicyclic amines) is 1. The van der Waals surface area contributed by atoms with Crippen molar-refractivity contribution in [2.75, 3.05) is 6.54 Å². The minimum absolute atomic E-state index is 0.0456. The summed E-state index contributed by atoms with van der Waals surface area (Å²) in [6, 6.07) is 10.1. The molecule has 3 heterocycles. The van der Waals surface area contributed by atoms with Crippen LogP contribution < -0.4 is 0 Å². The van der Waals surface area contributed by atoms with Crippen LogP contribution in [-0.4, -0.2) is 37.7 Å². The number of amides is 1. The van der Waals surface area contributed by atoms with E-state index in [0.29, 0.717) is 5.56 Å². The minimum atomic E-state index is 0.0456. The Bertz CT molecular complexity index is 993. The Labute approximate surface area is 152 Å². The molecule has 1 amide bonds. The van der Waals surface area contributed by atoms with Crippen molar-refractivity contribution in [3.63, 3.8) is 0 Å². The lowest BCUT2D eigenvalue weighted by molar-refractivity contribution is 0.0723. The van der Waals surface area contributed by atoms with Gasteiger partial charge >= 0.3 is 0 Å². The monoisotopic (exact) mass is 347 g/mol. The van der Waals surface area contributed by atoms with Gasteiger partial charge in [-0.3, -0.25) is 9.48 Å². The molecule has 3 aromatic rings. The lowest BCUT2D eigenvalue weighted by Gasteiger charge is -2.24. The summed E-state index contributed by atoms with van der Waals surface area (Å²) in [5.74, 6) is 0.0456. The van der Waals surface area contributed by atoms with Crippen molar-refractivity contribution in [1.29, 1.82) is 5.26 Å². The van der Waals surface area contributed by atoms with E-state index in [1.807, 2.05) is 63.9 Å². The molecule has 0 bridgehead atoms. The Kier molecular flexibility index (Phi) is 4.21. The number of hydrogen-bond donors (Lipinski definition) is 0. The van der Waals surface area contributed by atoms with E-state index in [4.69, 9.17) is 5.26 Å². The van der Waals surface area contributed by atoms with E-state index in [-0.39, 0.29) is 18.5 Å². The number of para-hydroxylation sites is 1. The van der Waals surface area contributed by atoms with Crippen LogP contribution in [0.25, 0.3) is 10.9 Å². The fourth-order valence-corrected chi connectivity index (χ4v) is 3.85. The second-order valence-electron chi connectivity index (χ2n) is 6.88. The number of nitriles is 1. The first-order valence-electron chi connectivity index (χ1n) is 8.92. The molecule has 2 aromatic heterocycles. The summed E-state index contributed by atoms with van der Waals surface area (Å²) < 4.78 is 3.77. The van der Waals surface area contributed by atoms with Gasteiger partial charge in [-0.25, -0.2) is 0 Å². The molecule has 1 unspecified atom stereocenters. The zero-order chi connectivity index (χ0) is 18.1. The Balaban J connectivity index is 1.64. The van der Waals surface area contributed by atoms with Crippen LogP contribution >= 0.6 is 0 Å². The lowest BCUT2D eigenvalue weighted by Crippen LogP contribution is -2.38. The summed E-state index contributed by atoms with van der Waals surface area (Å²) >= 11 is 0. The van der Waals surface area contributed by atoms with E-state index < -0.39 is 0 Å². The fraction of sp³-hybridized carbons (Fsp3) is 0.350. The van der Waals surface area contributed by atoms with E-state index in [2.05, 4.69) is 11.2 Å². The molecule has 0 spiro atoms. The highest BCUT2D eigenvalue weighted by Crippen LogP contribution is 2.27. The summed E-state index contributed by atoms with van der Waals surface area (Å²) in [6.45, 7) is 3.74. The van der Waals surface area contributed by atoms with Gasteiger partial charge in [-0.1, -0.05) is 18.2 Å². The third kappa shape index (κ3) is 2.86. The number of carbonyl (C=O) groups excluding carboxylic acids is 1. The van der Waals surface area contributed by atoms with Crippen LogP contribution in [0.4, 0.5) is 0 Å². The molecule has 1 aromatic carbocycles. The van der Waals surface area contributed by atoms with Gasteiger partial charge in [0.05, 0.1) is 30.4 Å². The lowest BCUT2D eigenvalue weighted by atomic mass is 10.1. The molecular weight excluding hydrogens is 326 g/mol. The van der Waals surface area contributed by atoms with Crippen molar-refractivity contribution in [3.8, 4) is 6.07 Å². The number of aryl methyl sites for hydroxylation is 1. The minimum Gasteiger partial charge on any atom is -0.334 e. The quantitative estimate of drug-likeness (QED) is 0.729. The average Bonchev–Trinajstić information content (AvgIpc) is 3.35. The van der Waals surface area contributed by atoms with Gasteiger partial charge in [0.25, 0.3) is 5.91 Å². The Morgan fingerprint density at radius 2 is 2.19 bits per heavy atom. The van der Waals surface area contributed by atoms with Gasteiger partial charge in [0, 0.05) is 29.8 Å². The standard InChI is InChI=1S/C20H21N5O/c1-15-11-22-24(12-15)13-16-5-4-9-25(16)20(26)18-14-23(10-8-21)19-7-3-2-6-17(18)19/h2-3,6-7,11-12,14,16H,4-5,9-10,13H2,1H3. The highest BCUT2D eigenvalue weighted by molar-refractivity contribution is 6.07. The van der Waals surface area contributed by atoms with Crippen molar-refractivity contribution < 1.29 is 4.79 Å². The molecule has 0 radical (unpaired) electrons. The van der Waals surface area contributed by atoms with Crippen LogP contribution in [0.3, 0.4) is 0 Å². The molecule has 1 aliphatic rings. The molecule has 1 fully saturated rings. The highest BCUT2D eigenvalue weighted by atomic mass is 16.2. The van der Waals surface area contributed by atoms with E-state index >= 15 is 0 Å². The molecule has 6 heteroatoms. The summed E-state index contributed by atoms with van der Waals surface area (Å²) in [7, 11) is 0. The molecule has 1 saturated heterocycles. The van der Waals surface area contributed by atoms with Crippen molar-refractivity contribution in [2.45, 2.75) is 38.9 Å². The topological polar surface area (TPSA) is 66.8 Å². The third-order valence-electron chi connectivity index (χ3n) is 5.06. The van der Waals surface area contributed by atoms with E-state index in [1.165, 1.54) is 0 Å². The second kappa shape index (κ2) is 6.68. The number of rotatable bonds is 4. The highest BCUT2D eigenvalue weighted by Gasteiger charge is 2.31. The summed E-state index contributed by atoms with van der Waals surface area (Å²) in [5, 5.41) is 14.3. The maximum atomic E-state index is 13.3. The number of fused-ring (bicyclic) bond motifs is 1.